The van der Waals surface area contributed by atoms with Gasteiger partial charge < -0.3 is 4.74 Å². The van der Waals surface area contributed by atoms with Gasteiger partial charge in [0.2, 0.25) is 5.91 Å². The Hall–Kier alpha value is -2.95. The molecule has 0 unspecified atom stereocenters. The molecular formula is C29H40N2O3. The number of hydrazone groups is 1. The van der Waals surface area contributed by atoms with Gasteiger partial charge >= 0.3 is 5.97 Å². The standard InChI is InChI=1S/C29H40N2O3/c1-3-4-5-6-7-8-9-10-11-12-13-17-28(32)31-30-23-25-18-20-27(21-19-25)34-29(33)26-16-14-15-24(2)22-26/h14-16,18-23H,3-13,17H2,1-2H3,(H,31,32)/b30-23+. The summed E-state index contributed by atoms with van der Waals surface area (Å²) in [4.78, 5) is 24.2. The van der Waals surface area contributed by atoms with E-state index in [0.29, 0.717) is 17.7 Å². The Bertz CT molecular complexity index is 891. The quantitative estimate of drug-likeness (QED) is 0.0927. The van der Waals surface area contributed by atoms with Gasteiger partial charge in [-0.25, -0.2) is 10.2 Å². The molecule has 0 saturated heterocycles. The number of hydrogen-bond acceptors (Lipinski definition) is 4. The molecule has 34 heavy (non-hydrogen) atoms. The number of hydrogen-bond donors (Lipinski definition) is 1. The van der Waals surface area contributed by atoms with Crippen molar-refractivity contribution in [2.45, 2.75) is 90.9 Å². The van der Waals surface area contributed by atoms with Gasteiger partial charge in [0, 0.05) is 6.42 Å². The largest absolute Gasteiger partial charge is 0.423 e. The lowest BCUT2D eigenvalue weighted by molar-refractivity contribution is -0.121. The molecule has 5 heteroatoms. The molecule has 0 aliphatic heterocycles. The van der Waals surface area contributed by atoms with Crippen LogP contribution in [0, 0.1) is 6.92 Å². The zero-order valence-corrected chi connectivity index (χ0v) is 20.9. The average Bonchev–Trinajstić information content (AvgIpc) is 2.83. The molecule has 0 atom stereocenters. The number of unbranched alkanes of at least 4 members (excludes halogenated alkanes) is 10. The first kappa shape index (κ1) is 27.3. The molecule has 2 aromatic carbocycles. The summed E-state index contributed by atoms with van der Waals surface area (Å²) in [7, 11) is 0. The van der Waals surface area contributed by atoms with E-state index in [1.165, 1.54) is 57.8 Å². The summed E-state index contributed by atoms with van der Waals surface area (Å²) in [5, 5.41) is 4.03. The monoisotopic (exact) mass is 464 g/mol. The predicted molar refractivity (Wildman–Crippen MR) is 139 cm³/mol. The second-order valence-corrected chi connectivity index (χ2v) is 8.91. The predicted octanol–water partition coefficient (Wildman–Crippen LogP) is 7.37. The highest BCUT2D eigenvalue weighted by atomic mass is 16.5. The maximum absolute atomic E-state index is 12.2. The summed E-state index contributed by atoms with van der Waals surface area (Å²) >= 11 is 0. The second kappa shape index (κ2) is 16.6. The third-order valence-electron chi connectivity index (χ3n) is 5.75. The van der Waals surface area contributed by atoms with E-state index < -0.39 is 0 Å². The molecule has 0 aromatic heterocycles. The molecule has 1 amide bonds. The van der Waals surface area contributed by atoms with Crippen LogP contribution >= 0.6 is 0 Å². The number of amides is 1. The van der Waals surface area contributed by atoms with Crippen molar-refractivity contribution in [2.24, 2.45) is 5.10 Å². The molecule has 0 heterocycles. The highest BCUT2D eigenvalue weighted by Gasteiger charge is 2.08. The van der Waals surface area contributed by atoms with E-state index in [-0.39, 0.29) is 11.9 Å². The maximum Gasteiger partial charge on any atom is 0.343 e. The Morgan fingerprint density at radius 2 is 1.47 bits per heavy atom. The van der Waals surface area contributed by atoms with Crippen LogP contribution in [0.2, 0.25) is 0 Å². The number of carbonyl (C=O) groups is 2. The van der Waals surface area contributed by atoms with E-state index in [9.17, 15) is 9.59 Å². The first-order valence-electron chi connectivity index (χ1n) is 12.8. The van der Waals surface area contributed by atoms with Crippen molar-refractivity contribution in [3.05, 3.63) is 65.2 Å². The summed E-state index contributed by atoms with van der Waals surface area (Å²) in [6, 6.07) is 14.3. The highest BCUT2D eigenvalue weighted by Crippen LogP contribution is 2.15. The minimum atomic E-state index is -0.389. The molecule has 0 aliphatic carbocycles. The Balaban J connectivity index is 1.56. The van der Waals surface area contributed by atoms with Crippen molar-refractivity contribution < 1.29 is 14.3 Å². The first-order valence-corrected chi connectivity index (χ1v) is 12.8. The summed E-state index contributed by atoms with van der Waals surface area (Å²) in [5.74, 6) is 0.0138. The number of carbonyl (C=O) groups excluding carboxylic acids is 2. The molecular weight excluding hydrogens is 424 g/mol. The topological polar surface area (TPSA) is 67.8 Å². The van der Waals surface area contributed by atoms with Gasteiger partial charge in [-0.3, -0.25) is 4.79 Å². The minimum Gasteiger partial charge on any atom is -0.423 e. The van der Waals surface area contributed by atoms with Crippen molar-refractivity contribution in [1.82, 2.24) is 5.43 Å². The molecule has 2 rings (SSSR count). The highest BCUT2D eigenvalue weighted by molar-refractivity contribution is 5.91. The molecule has 0 fully saturated rings. The third kappa shape index (κ3) is 11.8. The lowest BCUT2D eigenvalue weighted by atomic mass is 10.1. The van der Waals surface area contributed by atoms with Crippen molar-refractivity contribution in [3.8, 4) is 5.75 Å². The van der Waals surface area contributed by atoms with Crippen LogP contribution in [0.15, 0.2) is 53.6 Å². The van der Waals surface area contributed by atoms with Crippen LogP contribution in [0.25, 0.3) is 0 Å². The molecule has 1 N–H and O–H groups in total. The molecule has 0 saturated carbocycles. The van der Waals surface area contributed by atoms with Crippen LogP contribution in [0.1, 0.15) is 105 Å². The van der Waals surface area contributed by atoms with Crippen LogP contribution in [-0.4, -0.2) is 18.1 Å². The van der Waals surface area contributed by atoms with E-state index in [0.717, 1.165) is 24.0 Å². The lowest BCUT2D eigenvalue weighted by Crippen LogP contribution is -2.16. The molecule has 2 aromatic rings. The first-order chi connectivity index (χ1) is 16.6. The van der Waals surface area contributed by atoms with Crippen LogP contribution in [0.3, 0.4) is 0 Å². The summed E-state index contributed by atoms with van der Waals surface area (Å²) in [5.41, 5.74) is 4.92. The van der Waals surface area contributed by atoms with Crippen LogP contribution in [-0.2, 0) is 4.79 Å². The molecule has 0 radical (unpaired) electrons. The summed E-state index contributed by atoms with van der Waals surface area (Å²) in [6.45, 7) is 4.18. The molecule has 0 bridgehead atoms. The Morgan fingerprint density at radius 1 is 0.853 bits per heavy atom. The van der Waals surface area contributed by atoms with Gasteiger partial charge in [-0.05, 0) is 55.3 Å². The zero-order valence-electron chi connectivity index (χ0n) is 20.9. The van der Waals surface area contributed by atoms with Crippen molar-refractivity contribution >= 4 is 18.1 Å². The zero-order chi connectivity index (χ0) is 24.4. The summed E-state index contributed by atoms with van der Waals surface area (Å²) in [6.07, 6.45) is 16.0. The molecule has 184 valence electrons. The Kier molecular flexibility index (Phi) is 13.4. The van der Waals surface area contributed by atoms with Crippen molar-refractivity contribution in [1.29, 1.82) is 0 Å². The fraction of sp³-hybridized carbons (Fsp3) is 0.483. The van der Waals surface area contributed by atoms with Crippen LogP contribution < -0.4 is 10.2 Å². The normalized spacial score (nSPS) is 11.0. The fourth-order valence-corrected chi connectivity index (χ4v) is 3.74. The van der Waals surface area contributed by atoms with Gasteiger partial charge in [0.15, 0.2) is 0 Å². The smallest absolute Gasteiger partial charge is 0.343 e. The number of ether oxygens (including phenoxy) is 1. The number of esters is 1. The van der Waals surface area contributed by atoms with E-state index in [1.807, 2.05) is 19.1 Å². The van der Waals surface area contributed by atoms with E-state index in [1.54, 1.807) is 42.6 Å². The fourth-order valence-electron chi connectivity index (χ4n) is 3.74. The van der Waals surface area contributed by atoms with Gasteiger partial charge in [0.25, 0.3) is 0 Å². The Morgan fingerprint density at radius 3 is 2.09 bits per heavy atom. The SMILES string of the molecule is CCCCCCCCCCCCCC(=O)N/N=C/c1ccc(OC(=O)c2cccc(C)c2)cc1. The third-order valence-corrected chi connectivity index (χ3v) is 5.75. The van der Waals surface area contributed by atoms with Crippen molar-refractivity contribution in [3.63, 3.8) is 0 Å². The van der Waals surface area contributed by atoms with E-state index in [4.69, 9.17) is 4.74 Å². The minimum absolute atomic E-state index is 0.0594. The maximum atomic E-state index is 12.2. The van der Waals surface area contributed by atoms with Gasteiger partial charge in [-0.2, -0.15) is 5.10 Å². The van der Waals surface area contributed by atoms with Gasteiger partial charge in [-0.15, -0.1) is 0 Å². The Labute approximate surface area is 205 Å². The van der Waals surface area contributed by atoms with E-state index in [2.05, 4.69) is 17.5 Å². The average molecular weight is 465 g/mol. The number of aryl methyl sites for hydroxylation is 1. The van der Waals surface area contributed by atoms with Gasteiger partial charge in [0.05, 0.1) is 11.8 Å². The number of nitrogens with zero attached hydrogens (tertiary/aromatic N) is 1. The van der Waals surface area contributed by atoms with E-state index >= 15 is 0 Å². The van der Waals surface area contributed by atoms with Gasteiger partial charge in [0.1, 0.15) is 5.75 Å². The molecule has 5 nitrogen and oxygen atoms in total. The molecule has 0 spiro atoms. The summed E-state index contributed by atoms with van der Waals surface area (Å²) < 4.78 is 5.41. The van der Waals surface area contributed by atoms with Crippen LogP contribution in [0.4, 0.5) is 0 Å². The number of nitrogens with one attached hydrogen (secondary N) is 1. The number of rotatable bonds is 16. The second-order valence-electron chi connectivity index (χ2n) is 8.91. The lowest BCUT2D eigenvalue weighted by Gasteiger charge is -2.05. The number of benzene rings is 2. The van der Waals surface area contributed by atoms with Crippen LogP contribution in [0.5, 0.6) is 5.75 Å². The van der Waals surface area contributed by atoms with Crippen molar-refractivity contribution in [2.75, 3.05) is 0 Å². The van der Waals surface area contributed by atoms with Gasteiger partial charge in [-0.1, -0.05) is 88.8 Å². The molecule has 0 aliphatic rings.